The molecule has 1 amide bonds. The number of amides is 1. The van der Waals surface area contributed by atoms with Crippen LogP contribution < -0.4 is 10.6 Å². The van der Waals surface area contributed by atoms with E-state index in [1.807, 2.05) is 20.8 Å². The Kier molecular flexibility index (Phi) is 5.26. The van der Waals surface area contributed by atoms with E-state index >= 15 is 0 Å². The normalized spacial score (nSPS) is 12.6. The van der Waals surface area contributed by atoms with Gasteiger partial charge in [0, 0.05) is 18.7 Å². The number of benzene rings is 1. The largest absolute Gasteiger partial charge is 0.394 e. The molecule has 1 rings (SSSR count). The first-order valence-corrected chi connectivity index (χ1v) is 6.58. The van der Waals surface area contributed by atoms with Gasteiger partial charge in [-0.3, -0.25) is 14.9 Å². The number of aliphatic hydroxyl groups is 1. The van der Waals surface area contributed by atoms with E-state index in [2.05, 4.69) is 10.6 Å². The summed E-state index contributed by atoms with van der Waals surface area (Å²) in [5.41, 5.74) is 0.0220. The molecule has 0 saturated carbocycles. The lowest BCUT2D eigenvalue weighted by Crippen LogP contribution is -2.37. The van der Waals surface area contributed by atoms with Gasteiger partial charge in [0.1, 0.15) is 5.69 Å². The Labute approximate surface area is 123 Å². The molecule has 0 heterocycles. The zero-order valence-electron chi connectivity index (χ0n) is 12.6. The van der Waals surface area contributed by atoms with Crippen LogP contribution in [0.3, 0.4) is 0 Å². The summed E-state index contributed by atoms with van der Waals surface area (Å²) in [5.74, 6) is -0.390. The van der Waals surface area contributed by atoms with Crippen molar-refractivity contribution in [2.45, 2.75) is 26.8 Å². The number of rotatable bonds is 5. The summed E-state index contributed by atoms with van der Waals surface area (Å²) in [6.07, 6.45) is 0. The van der Waals surface area contributed by atoms with Crippen LogP contribution in [0.2, 0.25) is 0 Å². The Balaban J connectivity index is 3.18. The van der Waals surface area contributed by atoms with Crippen molar-refractivity contribution in [2.75, 3.05) is 19.0 Å². The first-order chi connectivity index (χ1) is 9.70. The lowest BCUT2D eigenvalue weighted by atomic mass is 9.87. The second-order valence-electron chi connectivity index (χ2n) is 5.81. The number of hydrogen-bond donors (Lipinski definition) is 3. The zero-order chi connectivity index (χ0) is 16.2. The molecular weight excluding hydrogens is 274 g/mol. The van der Waals surface area contributed by atoms with Crippen LogP contribution in [0, 0.1) is 15.5 Å². The summed E-state index contributed by atoms with van der Waals surface area (Å²) < 4.78 is 0. The molecule has 0 aliphatic carbocycles. The maximum atomic E-state index is 11.5. The van der Waals surface area contributed by atoms with Crippen molar-refractivity contribution in [3.63, 3.8) is 0 Å². The van der Waals surface area contributed by atoms with Crippen molar-refractivity contribution in [1.29, 1.82) is 0 Å². The van der Waals surface area contributed by atoms with E-state index in [9.17, 15) is 20.0 Å². The predicted octanol–water partition coefficient (Wildman–Crippen LogP) is 1.77. The molecule has 1 aromatic carbocycles. The van der Waals surface area contributed by atoms with Crippen molar-refractivity contribution in [1.82, 2.24) is 5.32 Å². The third-order valence-electron chi connectivity index (χ3n) is 3.24. The lowest BCUT2D eigenvalue weighted by Gasteiger charge is -2.30. The molecule has 0 radical (unpaired) electrons. The molecule has 0 aliphatic rings. The van der Waals surface area contributed by atoms with Gasteiger partial charge in [-0.15, -0.1) is 0 Å². The number of aliphatic hydroxyl groups excluding tert-OH is 1. The third kappa shape index (κ3) is 4.16. The van der Waals surface area contributed by atoms with Crippen LogP contribution in [-0.4, -0.2) is 35.6 Å². The number of nitrogens with one attached hydrogen (secondary N) is 2. The Morgan fingerprint density at radius 1 is 1.43 bits per heavy atom. The van der Waals surface area contributed by atoms with Gasteiger partial charge >= 0.3 is 0 Å². The zero-order valence-corrected chi connectivity index (χ0v) is 12.6. The van der Waals surface area contributed by atoms with Crippen molar-refractivity contribution in [3.05, 3.63) is 33.9 Å². The molecule has 0 aliphatic heterocycles. The van der Waals surface area contributed by atoms with E-state index < -0.39 is 4.92 Å². The van der Waals surface area contributed by atoms with E-state index in [-0.39, 0.29) is 40.9 Å². The highest BCUT2D eigenvalue weighted by atomic mass is 16.6. The highest BCUT2D eigenvalue weighted by Gasteiger charge is 2.26. The lowest BCUT2D eigenvalue weighted by molar-refractivity contribution is -0.384. The maximum Gasteiger partial charge on any atom is 0.293 e. The molecule has 0 spiro atoms. The molecule has 3 N–H and O–H groups in total. The fraction of sp³-hybridized carbons (Fsp3) is 0.500. The van der Waals surface area contributed by atoms with Crippen LogP contribution in [0.15, 0.2) is 18.2 Å². The summed E-state index contributed by atoms with van der Waals surface area (Å²) in [7, 11) is 1.46. The molecular formula is C14H21N3O4. The Morgan fingerprint density at radius 2 is 2.05 bits per heavy atom. The topological polar surface area (TPSA) is 104 Å². The van der Waals surface area contributed by atoms with Gasteiger partial charge in [0.2, 0.25) is 0 Å². The van der Waals surface area contributed by atoms with Gasteiger partial charge < -0.3 is 15.7 Å². The number of carbonyl (C=O) groups excluding carboxylic acids is 1. The molecule has 1 aromatic rings. The van der Waals surface area contributed by atoms with Crippen LogP contribution in [0.1, 0.15) is 31.1 Å². The van der Waals surface area contributed by atoms with Gasteiger partial charge in [-0.05, 0) is 17.5 Å². The molecule has 21 heavy (non-hydrogen) atoms. The van der Waals surface area contributed by atoms with Crippen LogP contribution in [-0.2, 0) is 0 Å². The van der Waals surface area contributed by atoms with Gasteiger partial charge in [-0.25, -0.2) is 0 Å². The Morgan fingerprint density at radius 3 is 2.48 bits per heavy atom. The molecule has 0 unspecified atom stereocenters. The van der Waals surface area contributed by atoms with Gasteiger partial charge in [0.05, 0.1) is 17.6 Å². The average Bonchev–Trinajstić information content (AvgIpc) is 2.42. The smallest absolute Gasteiger partial charge is 0.293 e. The average molecular weight is 295 g/mol. The number of nitro benzene ring substituents is 1. The maximum absolute atomic E-state index is 11.5. The van der Waals surface area contributed by atoms with Crippen molar-refractivity contribution in [3.8, 4) is 0 Å². The van der Waals surface area contributed by atoms with E-state index in [0.717, 1.165) is 0 Å². The highest BCUT2D eigenvalue weighted by molar-refractivity contribution is 5.95. The van der Waals surface area contributed by atoms with Gasteiger partial charge in [0.25, 0.3) is 11.6 Å². The van der Waals surface area contributed by atoms with E-state index in [1.165, 1.54) is 25.2 Å². The molecule has 0 bridgehead atoms. The SMILES string of the molecule is CNC(=O)c1ccc(N[C@H](CO)C(C)(C)C)c([N+](=O)[O-])c1. The summed E-state index contributed by atoms with van der Waals surface area (Å²) in [5, 5.41) is 26.0. The molecule has 7 heteroatoms. The summed E-state index contributed by atoms with van der Waals surface area (Å²) in [4.78, 5) is 22.2. The third-order valence-corrected chi connectivity index (χ3v) is 3.24. The highest BCUT2D eigenvalue weighted by Crippen LogP contribution is 2.30. The molecule has 116 valence electrons. The number of hydrogen-bond acceptors (Lipinski definition) is 5. The van der Waals surface area contributed by atoms with E-state index in [4.69, 9.17) is 0 Å². The molecule has 0 fully saturated rings. The van der Waals surface area contributed by atoms with Crippen molar-refractivity contribution in [2.24, 2.45) is 5.41 Å². The molecule has 1 atom stereocenters. The van der Waals surface area contributed by atoms with Crippen LogP contribution in [0.25, 0.3) is 0 Å². The van der Waals surface area contributed by atoms with Crippen LogP contribution in [0.5, 0.6) is 0 Å². The van der Waals surface area contributed by atoms with Gasteiger partial charge in [-0.1, -0.05) is 20.8 Å². The molecule has 0 saturated heterocycles. The van der Waals surface area contributed by atoms with Crippen molar-refractivity contribution < 1.29 is 14.8 Å². The summed E-state index contributed by atoms with van der Waals surface area (Å²) in [6.45, 7) is 5.61. The van der Waals surface area contributed by atoms with Crippen LogP contribution in [0.4, 0.5) is 11.4 Å². The van der Waals surface area contributed by atoms with E-state index in [0.29, 0.717) is 0 Å². The van der Waals surface area contributed by atoms with Gasteiger partial charge in [-0.2, -0.15) is 0 Å². The molecule has 7 nitrogen and oxygen atoms in total. The fourth-order valence-electron chi connectivity index (χ4n) is 1.81. The summed E-state index contributed by atoms with van der Waals surface area (Å²) in [6, 6.07) is 3.86. The number of anilines is 1. The number of nitro groups is 1. The standard InChI is InChI=1S/C14H21N3O4/c1-14(2,3)12(8-18)16-10-6-5-9(13(19)15-4)7-11(10)17(20)21/h5-7,12,16,18H,8H2,1-4H3,(H,15,19)/t12-/m1/s1. The minimum absolute atomic E-state index is 0.155. The Hall–Kier alpha value is -2.15. The van der Waals surface area contributed by atoms with Gasteiger partial charge in [0.15, 0.2) is 0 Å². The minimum atomic E-state index is -0.550. The summed E-state index contributed by atoms with van der Waals surface area (Å²) >= 11 is 0. The first-order valence-electron chi connectivity index (χ1n) is 6.58. The minimum Gasteiger partial charge on any atom is -0.394 e. The van der Waals surface area contributed by atoms with Crippen LogP contribution >= 0.6 is 0 Å². The van der Waals surface area contributed by atoms with Crippen molar-refractivity contribution >= 4 is 17.3 Å². The molecule has 0 aromatic heterocycles. The monoisotopic (exact) mass is 295 g/mol. The number of nitrogens with zero attached hydrogens (tertiary/aromatic N) is 1. The second kappa shape index (κ2) is 6.53. The second-order valence-corrected chi connectivity index (χ2v) is 5.81. The predicted molar refractivity (Wildman–Crippen MR) is 80.4 cm³/mol. The Bertz CT molecular complexity index is 538. The van der Waals surface area contributed by atoms with E-state index in [1.54, 1.807) is 0 Å². The fourth-order valence-corrected chi connectivity index (χ4v) is 1.81. The quantitative estimate of drug-likeness (QED) is 0.567. The first kappa shape index (κ1) is 16.9. The number of carbonyl (C=O) groups is 1.